The van der Waals surface area contributed by atoms with Crippen LogP contribution in [-0.4, -0.2) is 76.3 Å². The zero-order valence-electron chi connectivity index (χ0n) is 22.2. The van der Waals surface area contributed by atoms with Gasteiger partial charge in [-0.2, -0.15) is 0 Å². The van der Waals surface area contributed by atoms with E-state index in [1.165, 1.54) is 0 Å². The molecule has 13 atom stereocenters. The van der Waals surface area contributed by atoms with E-state index in [2.05, 4.69) is 6.92 Å². The first-order valence-electron chi connectivity index (χ1n) is 14.5. The number of hydrogen-bond donors (Lipinski definition) is 3. The summed E-state index contributed by atoms with van der Waals surface area (Å²) < 4.78 is 23.5. The lowest BCUT2D eigenvalue weighted by Crippen LogP contribution is -2.71. The van der Waals surface area contributed by atoms with E-state index in [9.17, 15) is 24.9 Å². The van der Waals surface area contributed by atoms with E-state index in [0.29, 0.717) is 31.4 Å². The second-order valence-corrected chi connectivity index (χ2v) is 13.5. The topological polar surface area (TPSA) is 132 Å². The van der Waals surface area contributed by atoms with Crippen LogP contribution >= 0.6 is 0 Å². The maximum Gasteiger partial charge on any atom is 0.334 e. The molecule has 4 aliphatic carbocycles. The number of esters is 1. The Kier molecular flexibility index (Phi) is 5.61. The summed E-state index contributed by atoms with van der Waals surface area (Å²) in [6, 6.07) is 0. The molecule has 3 N–H and O–H groups in total. The molecule has 3 aliphatic heterocycles. The molecule has 7 rings (SSSR count). The highest BCUT2D eigenvalue weighted by Gasteiger charge is 2.70. The number of aliphatic hydroxyl groups excluding tert-OH is 1. The van der Waals surface area contributed by atoms with Gasteiger partial charge in [0.15, 0.2) is 0 Å². The molecule has 9 nitrogen and oxygen atoms in total. The fraction of sp³-hybridized carbons (Fsp3) is 0.862. The molecule has 9 heteroatoms. The van der Waals surface area contributed by atoms with Gasteiger partial charge in [0.25, 0.3) is 0 Å². The van der Waals surface area contributed by atoms with Gasteiger partial charge >= 0.3 is 5.97 Å². The van der Waals surface area contributed by atoms with Gasteiger partial charge in [-0.15, -0.1) is 0 Å². The van der Waals surface area contributed by atoms with E-state index in [1.807, 2.05) is 13.0 Å². The first kappa shape index (κ1) is 25.6. The number of ether oxygens (including phenoxy) is 4. The summed E-state index contributed by atoms with van der Waals surface area (Å²) in [6.07, 6.45) is 5.33. The molecule has 13 unspecified atom stereocenters. The first-order valence-corrected chi connectivity index (χ1v) is 14.5. The highest BCUT2D eigenvalue weighted by Crippen LogP contribution is 2.70. The molecule has 0 bridgehead atoms. The van der Waals surface area contributed by atoms with Crippen molar-refractivity contribution in [3.05, 3.63) is 11.6 Å². The molecule has 6 fully saturated rings. The van der Waals surface area contributed by atoms with E-state index in [1.54, 1.807) is 0 Å². The Balaban J connectivity index is 1.19. The predicted octanol–water partition coefficient (Wildman–Crippen LogP) is 2.00. The van der Waals surface area contributed by atoms with Crippen LogP contribution in [0.1, 0.15) is 71.6 Å². The third kappa shape index (κ3) is 3.15. The monoisotopic (exact) mass is 532 g/mol. The first-order chi connectivity index (χ1) is 18.1. The van der Waals surface area contributed by atoms with Crippen LogP contribution in [0.4, 0.5) is 0 Å². The second-order valence-electron chi connectivity index (χ2n) is 13.5. The number of cyclic esters (lactones) is 1. The van der Waals surface area contributed by atoms with Gasteiger partial charge in [0, 0.05) is 22.8 Å². The minimum Gasteiger partial charge on any atom is -0.458 e. The van der Waals surface area contributed by atoms with Gasteiger partial charge in [0.2, 0.25) is 12.1 Å². The molecule has 0 aromatic carbocycles. The van der Waals surface area contributed by atoms with Crippen molar-refractivity contribution in [3.8, 4) is 0 Å². The molecule has 0 radical (unpaired) electrons. The van der Waals surface area contributed by atoms with Gasteiger partial charge in [-0.1, -0.05) is 6.92 Å². The molecule has 0 aromatic heterocycles. The highest BCUT2D eigenvalue weighted by molar-refractivity contribution is 5.91. The minimum atomic E-state index is -1.97. The van der Waals surface area contributed by atoms with Gasteiger partial charge in [-0.05, 0) is 88.0 Å². The number of rotatable bonds is 2. The summed E-state index contributed by atoms with van der Waals surface area (Å²) in [6.45, 7) is 4.26. The van der Waals surface area contributed by atoms with Crippen molar-refractivity contribution in [3.63, 3.8) is 0 Å². The predicted molar refractivity (Wildman–Crippen MR) is 131 cm³/mol. The third-order valence-electron chi connectivity index (χ3n) is 12.1. The fourth-order valence-corrected chi connectivity index (χ4v) is 10.2. The lowest BCUT2D eigenvalue weighted by molar-refractivity contribution is -0.457. The fourth-order valence-electron chi connectivity index (χ4n) is 10.2. The molecule has 0 aromatic rings. The number of fused-ring (bicyclic) bond motifs is 7. The van der Waals surface area contributed by atoms with Crippen molar-refractivity contribution in [2.75, 3.05) is 6.61 Å². The van der Waals surface area contributed by atoms with Crippen molar-refractivity contribution >= 4 is 12.3 Å². The van der Waals surface area contributed by atoms with Crippen LogP contribution in [0.2, 0.25) is 0 Å². The number of carbonyl (C=O) groups is 2. The van der Waals surface area contributed by atoms with Crippen LogP contribution in [0.15, 0.2) is 11.6 Å². The van der Waals surface area contributed by atoms with Crippen molar-refractivity contribution in [2.45, 2.75) is 114 Å². The number of aldehydes is 1. The molecule has 0 amide bonds. The Labute approximate surface area is 222 Å². The van der Waals surface area contributed by atoms with Crippen molar-refractivity contribution in [2.24, 2.45) is 34.5 Å². The Morgan fingerprint density at radius 3 is 2.58 bits per heavy atom. The SMILES string of the molecule is CC1CC(O)C2(O)OC3CC4(C=O)C(CCC5C4CCC4(C)C(C6=CCOC6=O)CCC54O)CC3OC2O1. The average molecular weight is 533 g/mol. The largest absolute Gasteiger partial charge is 0.458 e. The van der Waals surface area contributed by atoms with Crippen LogP contribution in [0, 0.1) is 34.5 Å². The van der Waals surface area contributed by atoms with Crippen LogP contribution in [0.5, 0.6) is 0 Å². The second kappa shape index (κ2) is 8.33. The zero-order valence-corrected chi connectivity index (χ0v) is 22.2. The Morgan fingerprint density at radius 1 is 1.03 bits per heavy atom. The lowest BCUT2D eigenvalue weighted by Gasteiger charge is -2.64. The standard InChI is InChI=1S/C29H40O9/c1-15-11-23(31)29(34)25(36-15)37-21-12-16-3-4-20-19(27(16,14-30)13-22(21)38-29)5-8-26(2)18(6-9-28(20,26)33)17-7-10-35-24(17)32/h7,14-16,18-23,25,31,33-34H,3-6,8-13H2,1-2H3. The zero-order chi connectivity index (χ0) is 26.7. The maximum atomic E-state index is 13.1. The highest BCUT2D eigenvalue weighted by atomic mass is 16.8. The molecule has 210 valence electrons. The summed E-state index contributed by atoms with van der Waals surface area (Å²) in [7, 11) is 0. The van der Waals surface area contributed by atoms with Crippen LogP contribution < -0.4 is 0 Å². The smallest absolute Gasteiger partial charge is 0.334 e. The minimum absolute atomic E-state index is 0.0236. The molecular weight excluding hydrogens is 492 g/mol. The van der Waals surface area contributed by atoms with Gasteiger partial charge < -0.3 is 39.1 Å². The van der Waals surface area contributed by atoms with Crippen LogP contribution in [0.25, 0.3) is 0 Å². The van der Waals surface area contributed by atoms with Gasteiger partial charge in [-0.25, -0.2) is 4.79 Å². The summed E-state index contributed by atoms with van der Waals surface area (Å²) in [5, 5.41) is 34.4. The summed E-state index contributed by atoms with van der Waals surface area (Å²) in [4.78, 5) is 25.6. The van der Waals surface area contributed by atoms with E-state index in [-0.39, 0.29) is 48.3 Å². The van der Waals surface area contributed by atoms with Gasteiger partial charge in [-0.3, -0.25) is 0 Å². The molecule has 7 aliphatic rings. The lowest BCUT2D eigenvalue weighted by atomic mass is 9.42. The van der Waals surface area contributed by atoms with Gasteiger partial charge in [0.05, 0.1) is 23.9 Å². The normalized spacial score (nSPS) is 57.4. The molecule has 2 saturated heterocycles. The molecule has 4 saturated carbocycles. The molecular formula is C29H40O9. The average Bonchev–Trinajstić information content (AvgIpc) is 3.41. The number of hydrogen-bond acceptors (Lipinski definition) is 9. The summed E-state index contributed by atoms with van der Waals surface area (Å²) in [5.74, 6) is -2.27. The molecule has 38 heavy (non-hydrogen) atoms. The Morgan fingerprint density at radius 2 is 1.84 bits per heavy atom. The molecule has 0 spiro atoms. The Bertz CT molecular complexity index is 1060. The van der Waals surface area contributed by atoms with Gasteiger partial charge in [0.1, 0.15) is 19.0 Å². The molecule has 3 heterocycles. The van der Waals surface area contributed by atoms with Crippen LogP contribution in [0.3, 0.4) is 0 Å². The van der Waals surface area contributed by atoms with E-state index in [0.717, 1.165) is 38.4 Å². The number of aliphatic hydroxyl groups is 3. The van der Waals surface area contributed by atoms with E-state index < -0.39 is 40.7 Å². The number of carbonyl (C=O) groups excluding carboxylic acids is 2. The van der Waals surface area contributed by atoms with Crippen molar-refractivity contribution in [1.82, 2.24) is 0 Å². The third-order valence-corrected chi connectivity index (χ3v) is 12.1. The maximum absolute atomic E-state index is 13.1. The summed E-state index contributed by atoms with van der Waals surface area (Å²) in [5.41, 5.74) is -1.42. The van der Waals surface area contributed by atoms with E-state index in [4.69, 9.17) is 18.9 Å². The van der Waals surface area contributed by atoms with Crippen molar-refractivity contribution < 1.29 is 43.9 Å². The van der Waals surface area contributed by atoms with Crippen molar-refractivity contribution in [1.29, 1.82) is 0 Å². The van der Waals surface area contributed by atoms with Crippen LogP contribution in [-0.2, 0) is 28.5 Å². The Hall–Kier alpha value is -1.36. The van der Waals surface area contributed by atoms with E-state index >= 15 is 0 Å². The quantitative estimate of drug-likeness (QED) is 0.278. The summed E-state index contributed by atoms with van der Waals surface area (Å²) >= 11 is 0.